The highest BCUT2D eigenvalue weighted by Gasteiger charge is 2.21. The average molecular weight is 493 g/mol. The van der Waals surface area contributed by atoms with Gasteiger partial charge in [-0.2, -0.15) is 0 Å². The highest BCUT2D eigenvalue weighted by atomic mass is 16.2. The summed E-state index contributed by atoms with van der Waals surface area (Å²) in [6.07, 6.45) is 0. The maximum atomic E-state index is 14.0. The van der Waals surface area contributed by atoms with E-state index in [4.69, 9.17) is 0 Å². The minimum absolute atomic E-state index is 0.211. The number of hydrogen-bond donors (Lipinski definition) is 0. The molecule has 2 aromatic heterocycles. The van der Waals surface area contributed by atoms with E-state index in [-0.39, 0.29) is 5.43 Å². The Hall–Kier alpha value is -5.29. The van der Waals surface area contributed by atoms with E-state index in [1.54, 1.807) is 42.5 Å². The summed E-state index contributed by atoms with van der Waals surface area (Å²) in [4.78, 5) is 41.9. The Balaban J connectivity index is 1.70. The molecular weight excluding hydrogens is 472 g/mol. The van der Waals surface area contributed by atoms with Crippen LogP contribution in [0.2, 0.25) is 0 Å². The van der Waals surface area contributed by atoms with Crippen LogP contribution in [-0.4, -0.2) is 8.97 Å². The van der Waals surface area contributed by atoms with Gasteiger partial charge in [-0.05, 0) is 58.7 Å². The minimum Gasteiger partial charge on any atom is -0.288 e. The van der Waals surface area contributed by atoms with Crippen LogP contribution in [0.5, 0.6) is 0 Å². The summed E-state index contributed by atoms with van der Waals surface area (Å²) in [5, 5.41) is 1.08. The maximum Gasteiger partial charge on any atom is 0.340 e. The molecule has 0 aliphatic heterocycles. The normalized spacial score (nSPS) is 11.5. The fraction of sp³-hybridized carbons (Fsp3) is 0. The first kappa shape index (κ1) is 21.9. The molecule has 0 saturated heterocycles. The van der Waals surface area contributed by atoms with Crippen LogP contribution in [0.1, 0.15) is 0 Å². The zero-order chi connectivity index (χ0) is 25.8. The van der Waals surface area contributed by atoms with Gasteiger partial charge in [0.1, 0.15) is 0 Å². The van der Waals surface area contributed by atoms with Crippen LogP contribution in [0.4, 0.5) is 0 Å². The van der Waals surface area contributed by atoms with E-state index < -0.39 is 11.2 Å². The van der Waals surface area contributed by atoms with E-state index in [0.29, 0.717) is 32.9 Å². The van der Waals surface area contributed by atoms with Crippen molar-refractivity contribution in [3.05, 3.63) is 152 Å². The Morgan fingerprint density at radius 1 is 0.474 bits per heavy atom. The molecule has 0 bridgehead atoms. The van der Waals surface area contributed by atoms with E-state index in [1.165, 1.54) is 8.97 Å². The molecule has 5 nitrogen and oxygen atoms in total. The number of pyridine rings is 1. The van der Waals surface area contributed by atoms with E-state index in [1.807, 2.05) is 78.9 Å². The molecule has 5 aromatic carbocycles. The minimum atomic E-state index is -0.511. The van der Waals surface area contributed by atoms with Gasteiger partial charge in [-0.15, -0.1) is 0 Å². The number of benzene rings is 5. The fourth-order valence-electron chi connectivity index (χ4n) is 5.31. The number of nitrogens with zero attached hydrogens (tertiary/aromatic N) is 2. The summed E-state index contributed by atoms with van der Waals surface area (Å²) in [6.45, 7) is 0. The van der Waals surface area contributed by atoms with Crippen LogP contribution in [0.3, 0.4) is 0 Å². The van der Waals surface area contributed by atoms with Crippen LogP contribution < -0.4 is 16.7 Å². The second-order valence-corrected chi connectivity index (χ2v) is 9.31. The van der Waals surface area contributed by atoms with Crippen molar-refractivity contribution in [1.82, 2.24) is 8.97 Å². The molecule has 0 radical (unpaired) electrons. The molecule has 0 unspecified atom stereocenters. The lowest BCUT2D eigenvalue weighted by Crippen LogP contribution is -2.37. The van der Waals surface area contributed by atoms with Crippen molar-refractivity contribution in [2.24, 2.45) is 0 Å². The average Bonchev–Trinajstić information content (AvgIpc) is 2.98. The molecule has 0 fully saturated rings. The summed E-state index contributed by atoms with van der Waals surface area (Å²) in [7, 11) is 0. The Labute approximate surface area is 216 Å². The highest BCUT2D eigenvalue weighted by Crippen LogP contribution is 2.29. The van der Waals surface area contributed by atoms with E-state index in [0.717, 1.165) is 22.3 Å². The van der Waals surface area contributed by atoms with Gasteiger partial charge in [-0.25, -0.2) is 9.36 Å². The van der Waals surface area contributed by atoms with Crippen molar-refractivity contribution >= 4 is 27.2 Å². The summed E-state index contributed by atoms with van der Waals surface area (Å²) >= 11 is 0. The van der Waals surface area contributed by atoms with Gasteiger partial charge >= 0.3 is 5.69 Å². The summed E-state index contributed by atoms with van der Waals surface area (Å²) in [5.74, 6) is 0. The number of para-hydroxylation sites is 1. The molecule has 0 atom stereocenters. The SMILES string of the molecule is O=c1c2cc(-c3ccccc3)ccc2n2c(=O)n(-c3ccccc3)c(=O)c3cc(-c4ccccc4)cc1c32. The van der Waals surface area contributed by atoms with Gasteiger partial charge in [-0.3, -0.25) is 14.0 Å². The van der Waals surface area contributed by atoms with Crippen molar-refractivity contribution in [2.45, 2.75) is 0 Å². The maximum absolute atomic E-state index is 14.0. The first-order chi connectivity index (χ1) is 18.6. The van der Waals surface area contributed by atoms with Crippen LogP contribution in [0, 0.1) is 0 Å². The van der Waals surface area contributed by atoms with Crippen LogP contribution in [0.25, 0.3) is 55.1 Å². The summed E-state index contributed by atoms with van der Waals surface area (Å²) in [5.41, 5.74) is 3.57. The van der Waals surface area contributed by atoms with Crippen molar-refractivity contribution in [2.75, 3.05) is 0 Å². The predicted octanol–water partition coefficient (Wildman–Crippen LogP) is 5.89. The molecule has 0 aliphatic rings. The lowest BCUT2D eigenvalue weighted by Gasteiger charge is -2.16. The smallest absolute Gasteiger partial charge is 0.288 e. The summed E-state index contributed by atoms with van der Waals surface area (Å²) in [6, 6.07) is 37.4. The third-order valence-corrected chi connectivity index (χ3v) is 7.10. The number of aromatic nitrogens is 2. The molecule has 2 heterocycles. The predicted molar refractivity (Wildman–Crippen MR) is 153 cm³/mol. The third kappa shape index (κ3) is 3.22. The second-order valence-electron chi connectivity index (χ2n) is 9.31. The molecule has 0 saturated carbocycles. The molecule has 0 amide bonds. The Bertz CT molecular complexity index is 2170. The fourth-order valence-corrected chi connectivity index (χ4v) is 5.31. The topological polar surface area (TPSA) is 60.5 Å². The Kier molecular flexibility index (Phi) is 4.85. The molecule has 0 N–H and O–H groups in total. The van der Waals surface area contributed by atoms with Crippen LogP contribution >= 0.6 is 0 Å². The Morgan fingerprint density at radius 3 is 1.68 bits per heavy atom. The van der Waals surface area contributed by atoms with Gasteiger partial charge in [0.15, 0.2) is 5.43 Å². The third-order valence-electron chi connectivity index (χ3n) is 7.10. The molecule has 7 rings (SSSR count). The molecule has 5 heteroatoms. The zero-order valence-corrected chi connectivity index (χ0v) is 20.2. The van der Waals surface area contributed by atoms with Gasteiger partial charge < -0.3 is 0 Å². The van der Waals surface area contributed by atoms with E-state index >= 15 is 0 Å². The molecular formula is C33H20N2O3. The van der Waals surface area contributed by atoms with E-state index in [9.17, 15) is 14.4 Å². The van der Waals surface area contributed by atoms with Crippen molar-refractivity contribution in [1.29, 1.82) is 0 Å². The molecule has 180 valence electrons. The van der Waals surface area contributed by atoms with Gasteiger partial charge in [0, 0.05) is 10.8 Å². The van der Waals surface area contributed by atoms with Gasteiger partial charge in [0.2, 0.25) is 0 Å². The molecule has 38 heavy (non-hydrogen) atoms. The number of hydrogen-bond acceptors (Lipinski definition) is 3. The van der Waals surface area contributed by atoms with Crippen LogP contribution in [-0.2, 0) is 0 Å². The van der Waals surface area contributed by atoms with Gasteiger partial charge in [0.25, 0.3) is 5.56 Å². The number of fused-ring (bicyclic) bond motifs is 2. The quantitative estimate of drug-likeness (QED) is 0.228. The van der Waals surface area contributed by atoms with Gasteiger partial charge in [-0.1, -0.05) is 84.9 Å². The van der Waals surface area contributed by atoms with Crippen molar-refractivity contribution in [3.63, 3.8) is 0 Å². The first-order valence-corrected chi connectivity index (χ1v) is 12.3. The van der Waals surface area contributed by atoms with Crippen LogP contribution in [0.15, 0.2) is 136 Å². The number of rotatable bonds is 3. The highest BCUT2D eigenvalue weighted by molar-refractivity contribution is 6.05. The summed E-state index contributed by atoms with van der Waals surface area (Å²) < 4.78 is 2.70. The van der Waals surface area contributed by atoms with Crippen molar-refractivity contribution in [3.8, 4) is 27.9 Å². The van der Waals surface area contributed by atoms with Crippen molar-refractivity contribution < 1.29 is 0 Å². The first-order valence-electron chi connectivity index (χ1n) is 12.3. The second kappa shape index (κ2) is 8.39. The standard InChI is InChI=1S/C33H20N2O3/c36-31-26-18-23(21-10-4-1-5-11-21)16-17-29(26)35-30-27(31)19-24(22-12-6-2-7-13-22)20-28(30)32(37)34(33(35)38)25-14-8-3-9-15-25/h1-20H. The van der Waals surface area contributed by atoms with Gasteiger partial charge in [0.05, 0.1) is 22.1 Å². The molecule has 7 aromatic rings. The monoisotopic (exact) mass is 492 g/mol. The van der Waals surface area contributed by atoms with E-state index in [2.05, 4.69) is 0 Å². The lowest BCUT2D eigenvalue weighted by atomic mass is 9.98. The molecule has 0 aliphatic carbocycles. The lowest BCUT2D eigenvalue weighted by molar-refractivity contribution is 0.871. The Morgan fingerprint density at radius 2 is 1.03 bits per heavy atom. The zero-order valence-electron chi connectivity index (χ0n) is 20.2. The largest absolute Gasteiger partial charge is 0.340 e. The molecule has 0 spiro atoms.